The van der Waals surface area contributed by atoms with E-state index in [0.29, 0.717) is 12.2 Å². The minimum absolute atomic E-state index is 0.0565. The molecular weight excluding hydrogens is 460 g/mol. The van der Waals surface area contributed by atoms with Gasteiger partial charge in [0.25, 0.3) is 0 Å². The summed E-state index contributed by atoms with van der Waals surface area (Å²) in [6, 6.07) is 10.8. The zero-order valence-electron chi connectivity index (χ0n) is 18.4. The Kier molecular flexibility index (Phi) is 7.18. The predicted octanol–water partition coefficient (Wildman–Crippen LogP) is 4.77. The first-order valence-electron chi connectivity index (χ1n) is 10.6. The van der Waals surface area contributed by atoms with Crippen molar-refractivity contribution in [3.8, 4) is 0 Å². The fraction of sp³-hybridized carbons (Fsp3) is 0.435. The maximum Gasteiger partial charge on any atom is 0.393 e. The summed E-state index contributed by atoms with van der Waals surface area (Å²) in [5.74, 6) is -1.05. The standard InChI is InChI=1S/C23H26F4N2O3S/c1-3-29(18-10-8-17(9-11-18)16-23(25,26)27)21(30)22(2)12-14-28(15-13-22)33(31,32)20-7-5-4-6-19(20)24/h4-11H,3,12-16H2,1-2H3. The number of piperidine rings is 1. The maximum atomic E-state index is 14.1. The van der Waals surface area contributed by atoms with Gasteiger partial charge in [0, 0.05) is 30.7 Å². The second-order valence-corrected chi connectivity index (χ2v) is 10.3. The van der Waals surface area contributed by atoms with Gasteiger partial charge < -0.3 is 4.90 Å². The third kappa shape index (κ3) is 5.55. The van der Waals surface area contributed by atoms with Crippen molar-refractivity contribution >= 4 is 21.6 Å². The number of benzene rings is 2. The smallest absolute Gasteiger partial charge is 0.312 e. The maximum absolute atomic E-state index is 14.1. The van der Waals surface area contributed by atoms with Gasteiger partial charge in [-0.3, -0.25) is 4.79 Å². The van der Waals surface area contributed by atoms with E-state index in [-0.39, 0.29) is 37.4 Å². The minimum Gasteiger partial charge on any atom is -0.312 e. The largest absolute Gasteiger partial charge is 0.393 e. The number of nitrogens with zero attached hydrogens (tertiary/aromatic N) is 2. The van der Waals surface area contributed by atoms with E-state index in [9.17, 15) is 30.8 Å². The van der Waals surface area contributed by atoms with E-state index in [1.54, 1.807) is 13.8 Å². The van der Waals surface area contributed by atoms with Crippen LogP contribution in [0.3, 0.4) is 0 Å². The molecule has 1 amide bonds. The molecule has 180 valence electrons. The Balaban J connectivity index is 1.73. The quantitative estimate of drug-likeness (QED) is 0.553. The highest BCUT2D eigenvalue weighted by Crippen LogP contribution is 2.37. The second-order valence-electron chi connectivity index (χ2n) is 8.40. The molecule has 33 heavy (non-hydrogen) atoms. The number of hydrogen-bond acceptors (Lipinski definition) is 3. The Morgan fingerprint density at radius 1 is 1.06 bits per heavy atom. The molecule has 0 bridgehead atoms. The van der Waals surface area contributed by atoms with Crippen molar-refractivity contribution in [2.75, 3.05) is 24.5 Å². The first-order chi connectivity index (χ1) is 15.4. The number of hydrogen-bond donors (Lipinski definition) is 0. The monoisotopic (exact) mass is 486 g/mol. The second kappa shape index (κ2) is 9.42. The van der Waals surface area contributed by atoms with Crippen LogP contribution in [0.2, 0.25) is 0 Å². The predicted molar refractivity (Wildman–Crippen MR) is 117 cm³/mol. The molecule has 5 nitrogen and oxygen atoms in total. The summed E-state index contributed by atoms with van der Waals surface area (Å²) in [6.45, 7) is 3.94. The third-order valence-corrected chi connectivity index (χ3v) is 7.94. The zero-order valence-corrected chi connectivity index (χ0v) is 19.2. The molecule has 0 atom stereocenters. The minimum atomic E-state index is -4.31. The van der Waals surface area contributed by atoms with Crippen LogP contribution in [0.15, 0.2) is 53.4 Å². The summed E-state index contributed by atoms with van der Waals surface area (Å²) in [7, 11) is -4.02. The van der Waals surface area contributed by atoms with E-state index < -0.39 is 38.7 Å². The molecule has 10 heteroatoms. The highest BCUT2D eigenvalue weighted by atomic mass is 32.2. The lowest BCUT2D eigenvalue weighted by Crippen LogP contribution is -2.50. The Hall–Kier alpha value is -2.46. The van der Waals surface area contributed by atoms with Crippen LogP contribution in [-0.2, 0) is 21.2 Å². The molecule has 3 rings (SSSR count). The molecule has 0 spiro atoms. The lowest BCUT2D eigenvalue weighted by molar-refractivity contribution is -0.129. The van der Waals surface area contributed by atoms with Crippen LogP contribution < -0.4 is 4.90 Å². The molecule has 2 aromatic rings. The molecule has 0 aliphatic carbocycles. The van der Waals surface area contributed by atoms with Crippen LogP contribution in [0.25, 0.3) is 0 Å². The van der Waals surface area contributed by atoms with Gasteiger partial charge in [-0.15, -0.1) is 0 Å². The van der Waals surface area contributed by atoms with Crippen molar-refractivity contribution in [2.45, 2.75) is 44.2 Å². The first-order valence-corrected chi connectivity index (χ1v) is 12.0. The van der Waals surface area contributed by atoms with E-state index in [1.807, 2.05) is 0 Å². The third-order valence-electron chi connectivity index (χ3n) is 6.01. The van der Waals surface area contributed by atoms with Gasteiger partial charge in [-0.25, -0.2) is 12.8 Å². The lowest BCUT2D eigenvalue weighted by atomic mass is 9.79. The van der Waals surface area contributed by atoms with Gasteiger partial charge in [0.1, 0.15) is 10.7 Å². The molecule has 0 unspecified atom stereocenters. The normalized spacial score (nSPS) is 17.0. The van der Waals surface area contributed by atoms with Crippen molar-refractivity contribution in [3.05, 3.63) is 59.9 Å². The average molecular weight is 487 g/mol. The molecule has 2 aromatic carbocycles. The fourth-order valence-electron chi connectivity index (χ4n) is 4.02. The van der Waals surface area contributed by atoms with E-state index in [4.69, 9.17) is 0 Å². The number of rotatable bonds is 6. The Bertz CT molecular complexity index is 1090. The van der Waals surface area contributed by atoms with E-state index in [0.717, 1.165) is 6.07 Å². The van der Waals surface area contributed by atoms with Crippen LogP contribution in [-0.4, -0.2) is 44.4 Å². The summed E-state index contributed by atoms with van der Waals surface area (Å²) >= 11 is 0. The topological polar surface area (TPSA) is 57.7 Å². The van der Waals surface area contributed by atoms with Crippen molar-refractivity contribution in [1.29, 1.82) is 0 Å². The lowest BCUT2D eigenvalue weighted by Gasteiger charge is -2.40. The van der Waals surface area contributed by atoms with Gasteiger partial charge >= 0.3 is 6.18 Å². The van der Waals surface area contributed by atoms with Gasteiger partial charge in [-0.05, 0) is 49.6 Å². The van der Waals surface area contributed by atoms with E-state index in [2.05, 4.69) is 0 Å². The van der Waals surface area contributed by atoms with Gasteiger partial charge in [0.05, 0.1) is 6.42 Å². The highest BCUT2D eigenvalue weighted by Gasteiger charge is 2.42. The molecule has 0 saturated carbocycles. The number of sulfonamides is 1. The molecule has 1 aliphatic rings. The van der Waals surface area contributed by atoms with Gasteiger partial charge in [-0.1, -0.05) is 31.2 Å². The van der Waals surface area contributed by atoms with Crippen molar-refractivity contribution in [2.24, 2.45) is 5.41 Å². The van der Waals surface area contributed by atoms with Crippen molar-refractivity contribution in [1.82, 2.24) is 4.31 Å². The fourth-order valence-corrected chi connectivity index (χ4v) is 5.53. The molecule has 0 radical (unpaired) electrons. The SMILES string of the molecule is CCN(C(=O)C1(C)CCN(S(=O)(=O)c2ccccc2F)CC1)c1ccc(CC(F)(F)F)cc1. The van der Waals surface area contributed by atoms with Crippen LogP contribution in [0.4, 0.5) is 23.2 Å². The summed E-state index contributed by atoms with van der Waals surface area (Å²) < 4.78 is 78.7. The number of anilines is 1. The van der Waals surface area contributed by atoms with Crippen LogP contribution >= 0.6 is 0 Å². The number of carbonyl (C=O) groups is 1. The van der Waals surface area contributed by atoms with Gasteiger partial charge in [0.15, 0.2) is 0 Å². The molecule has 0 aromatic heterocycles. The van der Waals surface area contributed by atoms with Gasteiger partial charge in [-0.2, -0.15) is 17.5 Å². The highest BCUT2D eigenvalue weighted by molar-refractivity contribution is 7.89. The van der Waals surface area contributed by atoms with Crippen molar-refractivity contribution < 1.29 is 30.8 Å². The Morgan fingerprint density at radius 2 is 1.64 bits per heavy atom. The summed E-state index contributed by atoms with van der Waals surface area (Å²) in [4.78, 5) is 14.5. The number of amides is 1. The van der Waals surface area contributed by atoms with Crippen LogP contribution in [0, 0.1) is 11.2 Å². The average Bonchev–Trinajstić information content (AvgIpc) is 2.75. The number of carbonyl (C=O) groups excluding carboxylic acids is 1. The molecule has 1 saturated heterocycles. The summed E-state index contributed by atoms with van der Waals surface area (Å²) in [6.07, 6.45) is -4.88. The molecular formula is C23H26F4N2O3S. The van der Waals surface area contributed by atoms with Crippen LogP contribution in [0.5, 0.6) is 0 Å². The molecule has 1 heterocycles. The van der Waals surface area contributed by atoms with Crippen LogP contribution in [0.1, 0.15) is 32.3 Å². The number of alkyl halides is 3. The Morgan fingerprint density at radius 3 is 2.15 bits per heavy atom. The molecule has 1 fully saturated rings. The van der Waals surface area contributed by atoms with E-state index >= 15 is 0 Å². The molecule has 0 N–H and O–H groups in total. The number of halogens is 4. The summed E-state index contributed by atoms with van der Waals surface area (Å²) in [5.41, 5.74) is -0.272. The van der Waals surface area contributed by atoms with Gasteiger partial charge in [0.2, 0.25) is 15.9 Å². The Labute approximate surface area is 191 Å². The first kappa shape index (κ1) is 25.2. The zero-order chi connectivity index (χ0) is 24.4. The van der Waals surface area contributed by atoms with E-state index in [1.165, 1.54) is 51.7 Å². The molecule has 1 aliphatic heterocycles. The van der Waals surface area contributed by atoms with Crippen molar-refractivity contribution in [3.63, 3.8) is 0 Å². The summed E-state index contributed by atoms with van der Waals surface area (Å²) in [5, 5.41) is 0.